The van der Waals surface area contributed by atoms with Gasteiger partial charge in [-0.15, -0.1) is 0 Å². The fourth-order valence-corrected chi connectivity index (χ4v) is 4.08. The summed E-state index contributed by atoms with van der Waals surface area (Å²) in [4.78, 5) is 34.5. The number of nitrogens with two attached hydrogens (primary N) is 1. The number of nitrogens with one attached hydrogen (secondary N) is 1. The van der Waals surface area contributed by atoms with Crippen LogP contribution in [0.5, 0.6) is 0 Å². The Morgan fingerprint density at radius 2 is 1.51 bits per heavy atom. The van der Waals surface area contributed by atoms with Gasteiger partial charge >= 0.3 is 24.3 Å². The Labute approximate surface area is 252 Å². The number of pyridine rings is 1. The van der Waals surface area contributed by atoms with E-state index in [0.29, 0.717) is 18.2 Å². The van der Waals surface area contributed by atoms with Gasteiger partial charge in [0.05, 0.1) is 5.69 Å². The van der Waals surface area contributed by atoms with Crippen LogP contribution in [-0.2, 0) is 16.1 Å². The molecule has 0 spiro atoms. The number of aliphatic carboxylic acids is 2. The number of carboxylic acid groups (broad SMARTS) is 2. The maximum absolute atomic E-state index is 10.6. The van der Waals surface area contributed by atoms with Crippen molar-refractivity contribution in [2.24, 2.45) is 5.73 Å². The lowest BCUT2D eigenvalue weighted by Crippen LogP contribution is -2.49. The number of halogens is 6. The van der Waals surface area contributed by atoms with Crippen molar-refractivity contribution in [1.29, 1.82) is 0 Å². The van der Waals surface area contributed by atoms with Crippen LogP contribution in [0, 0.1) is 0 Å². The summed E-state index contributed by atoms with van der Waals surface area (Å²) < 4.78 is 63.5. The van der Waals surface area contributed by atoms with Crippen molar-refractivity contribution in [3.63, 3.8) is 0 Å². The van der Waals surface area contributed by atoms with Crippen LogP contribution >= 0.6 is 0 Å². The molecule has 0 amide bonds. The van der Waals surface area contributed by atoms with Crippen LogP contribution in [0.25, 0.3) is 33.4 Å². The highest BCUT2D eigenvalue weighted by molar-refractivity contribution is 5.90. The fourth-order valence-electron chi connectivity index (χ4n) is 4.08. The molecule has 0 unspecified atom stereocenters. The first-order chi connectivity index (χ1) is 21.1. The quantitative estimate of drug-likeness (QED) is 0.227. The van der Waals surface area contributed by atoms with Crippen molar-refractivity contribution in [3.8, 4) is 22.4 Å². The molecule has 5 rings (SSSR count). The molecule has 0 aliphatic carbocycles. The maximum Gasteiger partial charge on any atom is 0.490 e. The van der Waals surface area contributed by atoms with Crippen molar-refractivity contribution >= 4 is 28.9 Å². The number of nitrogens with zero attached hydrogens (tertiary/aromatic N) is 4. The maximum atomic E-state index is 10.6. The molecule has 0 bridgehead atoms. The number of hydrogen-bond acceptors (Lipinski definition) is 8. The Bertz CT molecular complexity index is 1580. The van der Waals surface area contributed by atoms with Gasteiger partial charge in [-0.05, 0) is 24.1 Å². The van der Waals surface area contributed by atoms with Crippen molar-refractivity contribution in [2.75, 3.05) is 24.5 Å². The second-order valence-corrected chi connectivity index (χ2v) is 9.64. The minimum absolute atomic E-state index is 0.415. The number of benzene rings is 2. The van der Waals surface area contributed by atoms with Crippen molar-refractivity contribution < 1.29 is 46.1 Å². The Morgan fingerprint density at radius 3 is 2.02 bits per heavy atom. The van der Waals surface area contributed by atoms with Crippen LogP contribution in [0.4, 0.5) is 32.3 Å². The van der Waals surface area contributed by atoms with Crippen LogP contribution in [0.2, 0.25) is 0 Å². The minimum Gasteiger partial charge on any atom is -0.475 e. The van der Waals surface area contributed by atoms with Crippen LogP contribution in [-0.4, -0.2) is 75.1 Å². The number of piperazine rings is 1. The SMILES string of the molecule is C[C@@H]1CN(c2ncc3cc(-c4ccccc4)c(-c4ccc(CN)cc4)nc3n2)CCN1.O=C(O)C(F)(F)F.O=C(O)C(F)(F)F. The molecule has 1 aliphatic heterocycles. The van der Waals surface area contributed by atoms with Gasteiger partial charge in [-0.2, -0.15) is 31.3 Å². The van der Waals surface area contributed by atoms with Gasteiger partial charge in [-0.25, -0.2) is 19.6 Å². The van der Waals surface area contributed by atoms with E-state index >= 15 is 0 Å². The van der Waals surface area contributed by atoms with Gasteiger partial charge in [-0.3, -0.25) is 0 Å². The molecule has 1 aliphatic rings. The zero-order valence-corrected chi connectivity index (χ0v) is 23.6. The van der Waals surface area contributed by atoms with Gasteiger partial charge in [0, 0.05) is 54.9 Å². The number of fused-ring (bicyclic) bond motifs is 1. The van der Waals surface area contributed by atoms with Gasteiger partial charge in [0.1, 0.15) is 0 Å². The summed E-state index contributed by atoms with van der Waals surface area (Å²) in [6, 6.07) is 21.2. The van der Waals surface area contributed by atoms with E-state index in [0.717, 1.165) is 58.9 Å². The van der Waals surface area contributed by atoms with Gasteiger partial charge in [0.25, 0.3) is 0 Å². The van der Waals surface area contributed by atoms with E-state index in [9.17, 15) is 26.3 Å². The molecule has 1 fully saturated rings. The van der Waals surface area contributed by atoms with E-state index in [2.05, 4.69) is 64.6 Å². The Morgan fingerprint density at radius 1 is 0.933 bits per heavy atom. The molecule has 3 heterocycles. The Kier molecular flexibility index (Phi) is 11.4. The Hall–Kier alpha value is -4.83. The zero-order chi connectivity index (χ0) is 33.4. The Balaban J connectivity index is 0.000000331. The first kappa shape index (κ1) is 34.7. The molecule has 10 nitrogen and oxygen atoms in total. The minimum atomic E-state index is -5.08. The van der Waals surface area contributed by atoms with E-state index in [1.807, 2.05) is 24.4 Å². The molecule has 4 aromatic rings. The fraction of sp³-hybridized carbons (Fsp3) is 0.276. The number of rotatable bonds is 4. The molecule has 45 heavy (non-hydrogen) atoms. The molecule has 16 heteroatoms. The highest BCUT2D eigenvalue weighted by Gasteiger charge is 2.38. The lowest BCUT2D eigenvalue weighted by Gasteiger charge is -2.31. The van der Waals surface area contributed by atoms with Crippen LogP contribution < -0.4 is 16.0 Å². The van der Waals surface area contributed by atoms with E-state index in [1.54, 1.807) is 0 Å². The molecular formula is C29H28F6N6O4. The zero-order valence-electron chi connectivity index (χ0n) is 23.6. The standard InChI is InChI=1S/C25H26N6.2C2HF3O2/c1-17-16-31(12-11-27-17)25-28-15-21-13-22(19-5-3-2-4-6-19)23(29-24(21)30-25)20-9-7-18(14-26)8-10-20;2*3-2(4,5)1(6)7/h2-10,13,15,17,27H,11-12,14,16,26H2,1H3;2*(H,6,7)/t17-;;/m1../s1. The predicted molar refractivity (Wildman–Crippen MR) is 153 cm³/mol. The first-order valence-electron chi connectivity index (χ1n) is 13.2. The average Bonchev–Trinajstić information content (AvgIpc) is 3.00. The molecule has 0 saturated carbocycles. The molecule has 1 saturated heterocycles. The molecule has 0 radical (unpaired) electrons. The lowest BCUT2D eigenvalue weighted by atomic mass is 9.98. The summed E-state index contributed by atoms with van der Waals surface area (Å²) in [6.45, 7) is 5.42. The largest absolute Gasteiger partial charge is 0.490 e. The summed E-state index contributed by atoms with van der Waals surface area (Å²) in [7, 11) is 0. The van der Waals surface area contributed by atoms with E-state index in [1.165, 1.54) is 0 Å². The van der Waals surface area contributed by atoms with Crippen LogP contribution in [0.1, 0.15) is 12.5 Å². The molecule has 1 atom stereocenters. The third kappa shape index (κ3) is 9.84. The first-order valence-corrected chi connectivity index (χ1v) is 13.2. The predicted octanol–water partition coefficient (Wildman–Crippen LogP) is 4.88. The number of alkyl halides is 6. The number of carboxylic acids is 2. The third-order valence-electron chi connectivity index (χ3n) is 6.24. The number of carbonyl (C=O) groups is 2. The monoisotopic (exact) mass is 638 g/mol. The van der Waals surface area contributed by atoms with E-state index < -0.39 is 24.3 Å². The summed E-state index contributed by atoms with van der Waals surface area (Å²) in [5.74, 6) is -4.77. The lowest BCUT2D eigenvalue weighted by molar-refractivity contribution is -0.193. The third-order valence-corrected chi connectivity index (χ3v) is 6.24. The molecular weight excluding hydrogens is 610 g/mol. The topological polar surface area (TPSA) is 155 Å². The van der Waals surface area contributed by atoms with Crippen molar-refractivity contribution in [3.05, 3.63) is 72.4 Å². The molecule has 2 aromatic heterocycles. The number of hydrogen-bond donors (Lipinski definition) is 4. The average molecular weight is 639 g/mol. The number of aromatic nitrogens is 3. The summed E-state index contributed by atoms with van der Waals surface area (Å²) in [5.41, 5.74) is 11.8. The highest BCUT2D eigenvalue weighted by Crippen LogP contribution is 2.33. The molecule has 2 aromatic carbocycles. The van der Waals surface area contributed by atoms with E-state index in [-0.39, 0.29) is 0 Å². The van der Waals surface area contributed by atoms with Gasteiger partial charge in [0.15, 0.2) is 5.65 Å². The highest BCUT2D eigenvalue weighted by atomic mass is 19.4. The smallest absolute Gasteiger partial charge is 0.475 e. The normalized spacial score (nSPS) is 14.9. The van der Waals surface area contributed by atoms with Crippen LogP contribution in [0.15, 0.2) is 66.9 Å². The molecule has 240 valence electrons. The summed E-state index contributed by atoms with van der Waals surface area (Å²) in [6.07, 6.45) is -8.27. The van der Waals surface area contributed by atoms with Gasteiger partial charge in [0.2, 0.25) is 5.95 Å². The second-order valence-electron chi connectivity index (χ2n) is 9.64. The number of anilines is 1. The summed E-state index contributed by atoms with van der Waals surface area (Å²) >= 11 is 0. The summed E-state index contributed by atoms with van der Waals surface area (Å²) in [5, 5.41) is 18.7. The molecule has 5 N–H and O–H groups in total. The van der Waals surface area contributed by atoms with E-state index in [4.69, 9.17) is 35.5 Å². The van der Waals surface area contributed by atoms with Gasteiger partial charge in [-0.1, -0.05) is 54.6 Å². The second kappa shape index (κ2) is 14.8. The van der Waals surface area contributed by atoms with Crippen molar-refractivity contribution in [2.45, 2.75) is 31.9 Å². The van der Waals surface area contributed by atoms with Crippen molar-refractivity contribution in [1.82, 2.24) is 20.3 Å². The van der Waals surface area contributed by atoms with Crippen LogP contribution in [0.3, 0.4) is 0 Å². The van der Waals surface area contributed by atoms with Gasteiger partial charge < -0.3 is 26.2 Å².